The largest absolute Gasteiger partial charge is 0.497 e. The van der Waals surface area contributed by atoms with E-state index in [9.17, 15) is 4.79 Å². The molecule has 2 rings (SSSR count). The maximum absolute atomic E-state index is 12.0. The van der Waals surface area contributed by atoms with Crippen molar-refractivity contribution in [1.82, 2.24) is 4.57 Å². The van der Waals surface area contributed by atoms with E-state index in [-0.39, 0.29) is 5.56 Å². The maximum atomic E-state index is 12.0. The van der Waals surface area contributed by atoms with Crippen LogP contribution in [0.5, 0.6) is 5.75 Å². The Kier molecular flexibility index (Phi) is 3.83. The van der Waals surface area contributed by atoms with Gasteiger partial charge in [-0.25, -0.2) is 0 Å². The summed E-state index contributed by atoms with van der Waals surface area (Å²) in [4.78, 5) is 12.0. The summed E-state index contributed by atoms with van der Waals surface area (Å²) < 4.78 is 7.85. The Hall–Kier alpha value is -2.32. The van der Waals surface area contributed by atoms with Crippen molar-refractivity contribution >= 4 is 23.5 Å². The Morgan fingerprint density at radius 1 is 1.47 bits per heavy atom. The summed E-state index contributed by atoms with van der Waals surface area (Å²) in [5, 5.41) is 8.66. The van der Waals surface area contributed by atoms with E-state index in [0.29, 0.717) is 9.20 Å². The Labute approximate surface area is 114 Å². The van der Waals surface area contributed by atoms with Crippen molar-refractivity contribution in [2.45, 2.75) is 0 Å². The average Bonchev–Trinajstić information content (AvgIpc) is 2.68. The second-order valence-electron chi connectivity index (χ2n) is 3.86. The molecule has 1 heterocycles. The molecule has 0 radical (unpaired) electrons. The van der Waals surface area contributed by atoms with Crippen LogP contribution in [0.2, 0.25) is 0 Å². The van der Waals surface area contributed by atoms with Crippen molar-refractivity contribution in [2.24, 2.45) is 7.05 Å². The molecular weight excluding hydrogens is 260 g/mol. The molecule has 2 aromatic rings. The van der Waals surface area contributed by atoms with Gasteiger partial charge in [0.1, 0.15) is 10.4 Å². The highest BCUT2D eigenvalue weighted by Gasteiger charge is 2.00. The number of aromatic nitrogens is 1. The van der Waals surface area contributed by atoms with E-state index in [0.717, 1.165) is 11.3 Å². The molecule has 1 aromatic carbocycles. The maximum Gasteiger partial charge on any atom is 0.268 e. The molecule has 0 N–H and O–H groups in total. The van der Waals surface area contributed by atoms with Gasteiger partial charge >= 0.3 is 0 Å². The first-order chi connectivity index (χ1) is 9.15. The van der Waals surface area contributed by atoms with Crippen LogP contribution in [-0.2, 0) is 7.05 Å². The van der Waals surface area contributed by atoms with Gasteiger partial charge in [-0.3, -0.25) is 4.79 Å². The van der Waals surface area contributed by atoms with Crippen molar-refractivity contribution in [2.75, 3.05) is 7.11 Å². The minimum Gasteiger partial charge on any atom is -0.497 e. The van der Waals surface area contributed by atoms with E-state index in [1.165, 1.54) is 22.0 Å². The first kappa shape index (κ1) is 13.1. The summed E-state index contributed by atoms with van der Waals surface area (Å²) in [6.45, 7) is 0. The fourth-order valence-electron chi connectivity index (χ4n) is 1.65. The van der Waals surface area contributed by atoms with E-state index in [1.54, 1.807) is 20.2 Å². The number of thiazole rings is 1. The quantitative estimate of drug-likeness (QED) is 0.804. The molecule has 5 heteroatoms. The van der Waals surface area contributed by atoms with E-state index in [1.807, 2.05) is 30.3 Å². The molecule has 0 aliphatic rings. The Morgan fingerprint density at radius 2 is 2.26 bits per heavy atom. The van der Waals surface area contributed by atoms with Gasteiger partial charge < -0.3 is 9.30 Å². The van der Waals surface area contributed by atoms with Crippen LogP contribution in [-0.4, -0.2) is 11.7 Å². The molecule has 0 atom stereocenters. The topological polar surface area (TPSA) is 55.0 Å². The molecule has 0 aliphatic carbocycles. The van der Waals surface area contributed by atoms with Gasteiger partial charge in [-0.15, -0.1) is 11.3 Å². The van der Waals surface area contributed by atoms with Crippen LogP contribution < -0.4 is 19.5 Å². The van der Waals surface area contributed by atoms with Gasteiger partial charge in [0.05, 0.1) is 17.7 Å². The zero-order chi connectivity index (χ0) is 13.8. The first-order valence-corrected chi connectivity index (χ1v) is 6.39. The Morgan fingerprint density at radius 3 is 2.95 bits per heavy atom. The van der Waals surface area contributed by atoms with Crippen LogP contribution in [0.15, 0.2) is 29.1 Å². The van der Waals surface area contributed by atoms with Crippen LogP contribution in [0.25, 0.3) is 12.2 Å². The smallest absolute Gasteiger partial charge is 0.268 e. The second-order valence-corrected chi connectivity index (χ2v) is 4.93. The highest BCUT2D eigenvalue weighted by Crippen LogP contribution is 2.12. The molecule has 0 amide bonds. The second kappa shape index (κ2) is 5.55. The minimum absolute atomic E-state index is 0.102. The van der Waals surface area contributed by atoms with Crippen LogP contribution in [0.4, 0.5) is 0 Å². The van der Waals surface area contributed by atoms with Crippen LogP contribution in [0.1, 0.15) is 5.56 Å². The lowest BCUT2D eigenvalue weighted by molar-refractivity contribution is 0.414. The fourth-order valence-corrected chi connectivity index (χ4v) is 2.62. The lowest BCUT2D eigenvalue weighted by atomic mass is 10.2. The third-order valence-corrected chi connectivity index (χ3v) is 3.75. The SMILES string of the molecule is COc1cccc(/C=c2\s/c(=C\C#N)n(C)c2=O)c1. The molecule has 0 fully saturated rings. The number of hydrogen-bond acceptors (Lipinski definition) is 4. The van der Waals surface area contributed by atoms with Gasteiger partial charge in [-0.1, -0.05) is 12.1 Å². The number of nitrogens with zero attached hydrogens (tertiary/aromatic N) is 2. The van der Waals surface area contributed by atoms with Gasteiger partial charge in [-0.2, -0.15) is 5.26 Å². The third-order valence-electron chi connectivity index (χ3n) is 2.64. The number of ether oxygens (including phenoxy) is 1. The van der Waals surface area contributed by atoms with E-state index < -0.39 is 0 Å². The zero-order valence-electron chi connectivity index (χ0n) is 10.6. The predicted octanol–water partition coefficient (Wildman–Crippen LogP) is 0.588. The number of benzene rings is 1. The zero-order valence-corrected chi connectivity index (χ0v) is 11.4. The summed E-state index contributed by atoms with van der Waals surface area (Å²) in [5.74, 6) is 0.742. The van der Waals surface area contributed by atoms with Crippen molar-refractivity contribution < 1.29 is 4.74 Å². The van der Waals surface area contributed by atoms with Crippen molar-refractivity contribution in [3.8, 4) is 11.8 Å². The molecule has 19 heavy (non-hydrogen) atoms. The summed E-state index contributed by atoms with van der Waals surface area (Å²) >= 11 is 1.30. The van der Waals surface area contributed by atoms with E-state index >= 15 is 0 Å². The van der Waals surface area contributed by atoms with E-state index in [2.05, 4.69) is 0 Å². The number of rotatable bonds is 2. The molecule has 4 nitrogen and oxygen atoms in total. The standard InChI is InChI=1S/C14H12N2O2S/c1-16-13(6-7-15)19-12(14(16)17)9-10-4-3-5-11(8-10)18-2/h3-6,8-9H,1-2H3/b12-9-,13-6-. The lowest BCUT2D eigenvalue weighted by Crippen LogP contribution is -2.28. The average molecular weight is 272 g/mol. The first-order valence-electron chi connectivity index (χ1n) is 5.57. The Balaban J connectivity index is 2.62. The molecule has 0 spiro atoms. The van der Waals surface area contributed by atoms with Crippen LogP contribution in [0, 0.1) is 11.3 Å². The third kappa shape index (κ3) is 2.75. The summed E-state index contributed by atoms with van der Waals surface area (Å²) in [5.41, 5.74) is 0.788. The number of hydrogen-bond donors (Lipinski definition) is 0. The fraction of sp³-hybridized carbons (Fsp3) is 0.143. The molecule has 0 unspecified atom stereocenters. The number of nitriles is 1. The molecular formula is C14H12N2O2S. The molecule has 0 bridgehead atoms. The molecule has 0 saturated carbocycles. The van der Waals surface area contributed by atoms with Gasteiger partial charge in [0.25, 0.3) is 5.56 Å². The van der Waals surface area contributed by atoms with Gasteiger partial charge in [-0.05, 0) is 23.8 Å². The summed E-state index contributed by atoms with van der Waals surface area (Å²) in [7, 11) is 3.26. The highest BCUT2D eigenvalue weighted by atomic mass is 32.1. The molecule has 0 aliphatic heterocycles. The van der Waals surface area contributed by atoms with Crippen molar-refractivity contribution in [1.29, 1.82) is 5.26 Å². The monoisotopic (exact) mass is 272 g/mol. The highest BCUT2D eigenvalue weighted by molar-refractivity contribution is 7.07. The van der Waals surface area contributed by atoms with Gasteiger partial charge in [0.15, 0.2) is 0 Å². The Bertz CT molecular complexity index is 809. The summed E-state index contributed by atoms with van der Waals surface area (Å²) in [6, 6.07) is 9.40. The molecule has 1 aromatic heterocycles. The predicted molar refractivity (Wildman–Crippen MR) is 75.4 cm³/mol. The number of methoxy groups -OCH3 is 1. The van der Waals surface area contributed by atoms with Gasteiger partial charge in [0, 0.05) is 13.1 Å². The van der Waals surface area contributed by atoms with Crippen LogP contribution in [0.3, 0.4) is 0 Å². The molecule has 0 saturated heterocycles. The van der Waals surface area contributed by atoms with E-state index in [4.69, 9.17) is 10.00 Å². The van der Waals surface area contributed by atoms with Crippen molar-refractivity contribution in [3.05, 3.63) is 49.4 Å². The summed E-state index contributed by atoms with van der Waals surface area (Å²) in [6.07, 6.45) is 3.17. The normalized spacial score (nSPS) is 12.5. The van der Waals surface area contributed by atoms with Crippen molar-refractivity contribution in [3.63, 3.8) is 0 Å². The minimum atomic E-state index is -0.102. The van der Waals surface area contributed by atoms with Crippen LogP contribution >= 0.6 is 11.3 Å². The lowest BCUT2D eigenvalue weighted by Gasteiger charge is -1.99. The van der Waals surface area contributed by atoms with Gasteiger partial charge in [0.2, 0.25) is 0 Å². The molecule has 96 valence electrons.